The van der Waals surface area contributed by atoms with Gasteiger partial charge in [0.2, 0.25) is 5.91 Å². The van der Waals surface area contributed by atoms with E-state index in [0.29, 0.717) is 17.7 Å². The Morgan fingerprint density at radius 3 is 2.95 bits per heavy atom. The monoisotopic (exact) mass is 289 g/mol. The van der Waals surface area contributed by atoms with Crippen molar-refractivity contribution in [1.29, 1.82) is 0 Å². The standard InChI is InChI=1S/C13H11N3O3S/c17-11-4-8-3-7(1-2-10(8)16-11)12(18)14-5-9-6-20-13(19)15-9/h1-3,6H,4-5H2,(H,14,18)(H,15,19)(H,16,17). The van der Waals surface area contributed by atoms with Crippen LogP contribution in [0.25, 0.3) is 0 Å². The van der Waals surface area contributed by atoms with Crippen LogP contribution in [0.4, 0.5) is 5.69 Å². The van der Waals surface area contributed by atoms with Gasteiger partial charge in [-0.15, -0.1) is 0 Å². The van der Waals surface area contributed by atoms with Crippen molar-refractivity contribution in [3.05, 3.63) is 50.1 Å². The lowest BCUT2D eigenvalue weighted by molar-refractivity contribution is -0.115. The van der Waals surface area contributed by atoms with Crippen molar-refractivity contribution < 1.29 is 9.59 Å². The fourth-order valence-corrected chi connectivity index (χ4v) is 2.63. The van der Waals surface area contributed by atoms with E-state index < -0.39 is 0 Å². The Balaban J connectivity index is 1.70. The number of H-pyrrole nitrogens is 1. The zero-order valence-electron chi connectivity index (χ0n) is 10.4. The lowest BCUT2D eigenvalue weighted by Crippen LogP contribution is -2.23. The minimum Gasteiger partial charge on any atom is -0.346 e. The highest BCUT2D eigenvalue weighted by Gasteiger charge is 2.19. The number of aromatic nitrogens is 1. The molecule has 1 aliphatic rings. The number of benzene rings is 1. The molecule has 7 heteroatoms. The van der Waals surface area contributed by atoms with Crippen molar-refractivity contribution in [1.82, 2.24) is 10.3 Å². The molecule has 6 nitrogen and oxygen atoms in total. The number of aromatic amines is 1. The zero-order valence-corrected chi connectivity index (χ0v) is 11.2. The van der Waals surface area contributed by atoms with Gasteiger partial charge in [0.05, 0.1) is 13.0 Å². The van der Waals surface area contributed by atoms with Gasteiger partial charge in [-0.05, 0) is 23.8 Å². The van der Waals surface area contributed by atoms with Gasteiger partial charge in [-0.3, -0.25) is 14.4 Å². The minimum absolute atomic E-state index is 0.0617. The molecule has 3 N–H and O–H groups in total. The third kappa shape index (κ3) is 2.48. The molecule has 0 saturated heterocycles. The fourth-order valence-electron chi connectivity index (χ4n) is 2.05. The zero-order chi connectivity index (χ0) is 14.1. The molecule has 0 spiro atoms. The quantitative estimate of drug-likeness (QED) is 0.782. The largest absolute Gasteiger partial charge is 0.346 e. The number of nitrogens with one attached hydrogen (secondary N) is 3. The van der Waals surface area contributed by atoms with Gasteiger partial charge >= 0.3 is 4.87 Å². The fraction of sp³-hybridized carbons (Fsp3) is 0.154. The van der Waals surface area contributed by atoms with E-state index in [-0.39, 0.29) is 23.2 Å². The molecule has 1 aliphatic heterocycles. The van der Waals surface area contributed by atoms with Crippen LogP contribution in [0.2, 0.25) is 0 Å². The number of hydrogen-bond acceptors (Lipinski definition) is 4. The second-order valence-corrected chi connectivity index (χ2v) is 5.30. The Morgan fingerprint density at radius 1 is 1.35 bits per heavy atom. The number of fused-ring (bicyclic) bond motifs is 1. The van der Waals surface area contributed by atoms with Gasteiger partial charge in [-0.2, -0.15) is 0 Å². The predicted octanol–water partition coefficient (Wildman–Crippen LogP) is 0.861. The molecule has 0 fully saturated rings. The molecular weight excluding hydrogens is 278 g/mol. The molecule has 0 aliphatic carbocycles. The van der Waals surface area contributed by atoms with Crippen molar-refractivity contribution in [3.8, 4) is 0 Å². The Morgan fingerprint density at radius 2 is 2.20 bits per heavy atom. The average Bonchev–Trinajstić information content (AvgIpc) is 2.99. The molecule has 2 aromatic rings. The minimum atomic E-state index is -0.237. The summed E-state index contributed by atoms with van der Waals surface area (Å²) in [7, 11) is 0. The molecule has 1 aromatic heterocycles. The summed E-state index contributed by atoms with van der Waals surface area (Å²) in [4.78, 5) is 36.7. The van der Waals surface area contributed by atoms with Crippen LogP contribution in [-0.2, 0) is 17.8 Å². The first-order valence-electron chi connectivity index (χ1n) is 5.99. The summed E-state index contributed by atoms with van der Waals surface area (Å²) in [6.07, 6.45) is 0.300. The molecule has 0 saturated carbocycles. The van der Waals surface area contributed by atoms with Gasteiger partial charge in [0, 0.05) is 22.3 Å². The van der Waals surface area contributed by atoms with Crippen LogP contribution in [-0.4, -0.2) is 16.8 Å². The van der Waals surface area contributed by atoms with E-state index in [1.165, 1.54) is 0 Å². The highest BCUT2D eigenvalue weighted by Crippen LogP contribution is 2.23. The Kier molecular flexibility index (Phi) is 3.11. The molecule has 0 unspecified atom stereocenters. The maximum absolute atomic E-state index is 12.0. The van der Waals surface area contributed by atoms with Crippen molar-refractivity contribution >= 4 is 28.8 Å². The lowest BCUT2D eigenvalue weighted by atomic mass is 10.1. The van der Waals surface area contributed by atoms with Crippen molar-refractivity contribution in [2.45, 2.75) is 13.0 Å². The van der Waals surface area contributed by atoms with Crippen LogP contribution < -0.4 is 15.5 Å². The first kappa shape index (κ1) is 12.6. The summed E-state index contributed by atoms with van der Waals surface area (Å²) in [5.41, 5.74) is 2.75. The predicted molar refractivity (Wildman–Crippen MR) is 74.9 cm³/mol. The lowest BCUT2D eigenvalue weighted by Gasteiger charge is -2.05. The number of hydrogen-bond donors (Lipinski definition) is 3. The second-order valence-electron chi connectivity index (χ2n) is 4.45. The van der Waals surface area contributed by atoms with Crippen molar-refractivity contribution in [2.75, 3.05) is 5.32 Å². The number of carbonyl (C=O) groups is 2. The average molecular weight is 289 g/mol. The smallest absolute Gasteiger partial charge is 0.304 e. The summed E-state index contributed by atoms with van der Waals surface area (Å²) in [6, 6.07) is 5.09. The van der Waals surface area contributed by atoms with E-state index >= 15 is 0 Å². The van der Waals surface area contributed by atoms with Gasteiger partial charge in [0.1, 0.15) is 0 Å². The molecular formula is C13H11N3O3S. The van der Waals surface area contributed by atoms with Gasteiger partial charge < -0.3 is 15.6 Å². The molecule has 0 radical (unpaired) electrons. The van der Waals surface area contributed by atoms with Gasteiger partial charge in [0.25, 0.3) is 5.91 Å². The maximum atomic E-state index is 12.0. The SMILES string of the molecule is O=C1Cc2cc(C(=O)NCc3csc(=O)[nH]3)ccc2N1. The summed E-state index contributed by atoms with van der Waals surface area (Å²) < 4.78 is 0. The van der Waals surface area contributed by atoms with Crippen LogP contribution in [0.1, 0.15) is 21.6 Å². The van der Waals surface area contributed by atoms with Crippen LogP contribution in [0.3, 0.4) is 0 Å². The number of anilines is 1. The van der Waals surface area contributed by atoms with E-state index in [1.54, 1.807) is 23.6 Å². The third-order valence-corrected chi connectivity index (χ3v) is 3.72. The van der Waals surface area contributed by atoms with E-state index in [0.717, 1.165) is 22.6 Å². The summed E-state index contributed by atoms with van der Waals surface area (Å²) in [5, 5.41) is 7.11. The number of amides is 2. The highest BCUT2D eigenvalue weighted by atomic mass is 32.1. The van der Waals surface area contributed by atoms with Crippen molar-refractivity contribution in [3.63, 3.8) is 0 Å². The van der Waals surface area contributed by atoms with E-state index in [2.05, 4.69) is 15.6 Å². The van der Waals surface area contributed by atoms with Crippen LogP contribution in [0.5, 0.6) is 0 Å². The molecule has 0 bridgehead atoms. The van der Waals surface area contributed by atoms with Gasteiger partial charge in [-0.25, -0.2) is 0 Å². The maximum Gasteiger partial charge on any atom is 0.304 e. The van der Waals surface area contributed by atoms with E-state index in [4.69, 9.17) is 0 Å². The molecule has 0 atom stereocenters. The number of carbonyl (C=O) groups excluding carboxylic acids is 2. The highest BCUT2D eigenvalue weighted by molar-refractivity contribution is 7.07. The normalized spacial score (nSPS) is 12.9. The van der Waals surface area contributed by atoms with E-state index in [9.17, 15) is 14.4 Å². The topological polar surface area (TPSA) is 91.1 Å². The summed E-state index contributed by atoms with van der Waals surface area (Å²) in [6.45, 7) is 0.270. The first-order chi connectivity index (χ1) is 9.61. The third-order valence-electron chi connectivity index (χ3n) is 3.00. The Hall–Kier alpha value is -2.41. The molecule has 1 aromatic carbocycles. The molecule has 3 rings (SSSR count). The Labute approximate surface area is 117 Å². The molecule has 20 heavy (non-hydrogen) atoms. The van der Waals surface area contributed by atoms with Gasteiger partial charge in [0.15, 0.2) is 0 Å². The van der Waals surface area contributed by atoms with Crippen LogP contribution in [0, 0.1) is 0 Å². The molecule has 2 heterocycles. The Bertz CT molecular complexity index is 747. The molecule has 2 amide bonds. The second kappa shape index (κ2) is 4.93. The van der Waals surface area contributed by atoms with Crippen LogP contribution >= 0.6 is 11.3 Å². The number of thiazole rings is 1. The number of rotatable bonds is 3. The van der Waals surface area contributed by atoms with Gasteiger partial charge in [-0.1, -0.05) is 11.3 Å². The van der Waals surface area contributed by atoms with Crippen molar-refractivity contribution in [2.24, 2.45) is 0 Å². The molecule has 102 valence electrons. The first-order valence-corrected chi connectivity index (χ1v) is 6.87. The van der Waals surface area contributed by atoms with Crippen LogP contribution in [0.15, 0.2) is 28.4 Å². The summed E-state index contributed by atoms with van der Waals surface area (Å²) >= 11 is 1.06. The summed E-state index contributed by atoms with van der Waals surface area (Å²) in [5.74, 6) is -0.299. The van der Waals surface area contributed by atoms with E-state index in [1.807, 2.05) is 0 Å².